The lowest BCUT2D eigenvalue weighted by Gasteiger charge is -2.17. The fraction of sp³-hybridized carbons (Fsp3) is 0.467. The average molecular weight is 262 g/mol. The Morgan fingerprint density at radius 2 is 2.05 bits per heavy atom. The second-order valence-electron chi connectivity index (χ2n) is 5.67. The third-order valence-electron chi connectivity index (χ3n) is 2.88. The zero-order valence-electron chi connectivity index (χ0n) is 11.5. The van der Waals surface area contributed by atoms with E-state index in [1.807, 2.05) is 0 Å². The molecular formula is C15H18O4. The molecule has 1 aromatic rings. The topological polar surface area (TPSA) is 52.6 Å². The molecule has 2 rings (SSSR count). The van der Waals surface area contributed by atoms with E-state index in [0.717, 1.165) is 0 Å². The molecule has 4 heteroatoms. The minimum Gasteiger partial charge on any atom is -0.493 e. The molecule has 0 radical (unpaired) electrons. The van der Waals surface area contributed by atoms with E-state index in [2.05, 4.69) is 0 Å². The minimum atomic E-state index is -0.566. The number of benzene rings is 1. The minimum absolute atomic E-state index is 0.0706. The molecule has 0 saturated carbocycles. The Morgan fingerprint density at radius 1 is 1.32 bits per heavy atom. The van der Waals surface area contributed by atoms with Crippen LogP contribution in [-0.2, 0) is 4.79 Å². The van der Waals surface area contributed by atoms with Crippen LogP contribution in [0.1, 0.15) is 44.0 Å². The van der Waals surface area contributed by atoms with Crippen LogP contribution in [0.2, 0.25) is 0 Å². The van der Waals surface area contributed by atoms with Gasteiger partial charge in [-0.3, -0.25) is 9.59 Å². The van der Waals surface area contributed by atoms with Crippen molar-refractivity contribution in [3.8, 4) is 11.5 Å². The Hall–Kier alpha value is -1.84. The Kier molecular flexibility index (Phi) is 3.60. The SMILES string of the molecule is CC(C)(C)C(=O)Oc1ccc2c(c1)OCCCC2=O. The average Bonchev–Trinajstić information content (AvgIpc) is 2.50. The molecular weight excluding hydrogens is 244 g/mol. The van der Waals surface area contributed by atoms with E-state index in [1.54, 1.807) is 39.0 Å². The predicted molar refractivity (Wildman–Crippen MR) is 70.6 cm³/mol. The maximum Gasteiger partial charge on any atom is 0.316 e. The van der Waals surface area contributed by atoms with E-state index in [4.69, 9.17) is 9.47 Å². The van der Waals surface area contributed by atoms with Gasteiger partial charge in [0.05, 0.1) is 17.6 Å². The third-order valence-corrected chi connectivity index (χ3v) is 2.88. The highest BCUT2D eigenvalue weighted by Gasteiger charge is 2.24. The molecule has 0 aliphatic carbocycles. The van der Waals surface area contributed by atoms with Crippen LogP contribution >= 0.6 is 0 Å². The van der Waals surface area contributed by atoms with Gasteiger partial charge in [0, 0.05) is 12.5 Å². The molecule has 0 fully saturated rings. The summed E-state index contributed by atoms with van der Waals surface area (Å²) in [6, 6.07) is 4.91. The quantitative estimate of drug-likeness (QED) is 0.576. The van der Waals surface area contributed by atoms with Gasteiger partial charge in [-0.15, -0.1) is 0 Å². The number of ether oxygens (including phenoxy) is 2. The van der Waals surface area contributed by atoms with Gasteiger partial charge in [0.1, 0.15) is 11.5 Å². The van der Waals surface area contributed by atoms with E-state index in [-0.39, 0.29) is 11.8 Å². The van der Waals surface area contributed by atoms with Crippen LogP contribution in [-0.4, -0.2) is 18.4 Å². The van der Waals surface area contributed by atoms with Crippen molar-refractivity contribution in [1.82, 2.24) is 0 Å². The van der Waals surface area contributed by atoms with Crippen molar-refractivity contribution in [2.45, 2.75) is 33.6 Å². The number of esters is 1. The number of hydrogen-bond donors (Lipinski definition) is 0. The van der Waals surface area contributed by atoms with Crippen LogP contribution in [0, 0.1) is 5.41 Å². The highest BCUT2D eigenvalue weighted by Crippen LogP contribution is 2.29. The first-order valence-electron chi connectivity index (χ1n) is 6.40. The second kappa shape index (κ2) is 5.03. The van der Waals surface area contributed by atoms with E-state index in [0.29, 0.717) is 36.5 Å². The summed E-state index contributed by atoms with van der Waals surface area (Å²) in [4.78, 5) is 23.6. The van der Waals surface area contributed by atoms with Crippen molar-refractivity contribution in [1.29, 1.82) is 0 Å². The molecule has 0 amide bonds. The summed E-state index contributed by atoms with van der Waals surface area (Å²) < 4.78 is 10.8. The zero-order valence-corrected chi connectivity index (χ0v) is 11.5. The van der Waals surface area contributed by atoms with Crippen LogP contribution < -0.4 is 9.47 Å². The van der Waals surface area contributed by atoms with Gasteiger partial charge in [0.25, 0.3) is 0 Å². The summed E-state index contributed by atoms with van der Waals surface area (Å²) in [5, 5.41) is 0. The van der Waals surface area contributed by atoms with Gasteiger partial charge >= 0.3 is 5.97 Å². The van der Waals surface area contributed by atoms with Gasteiger partial charge in [-0.25, -0.2) is 0 Å². The van der Waals surface area contributed by atoms with Crippen molar-refractivity contribution >= 4 is 11.8 Å². The molecule has 0 N–H and O–H groups in total. The summed E-state index contributed by atoms with van der Waals surface area (Å²) in [5.41, 5.74) is -0.00299. The molecule has 1 aliphatic heterocycles. The standard InChI is InChI=1S/C15H18O4/c1-15(2,3)14(17)19-10-6-7-11-12(16)5-4-8-18-13(11)9-10/h6-7,9H,4-5,8H2,1-3H3. The summed E-state index contributed by atoms with van der Waals surface area (Å²) >= 11 is 0. The first-order valence-corrected chi connectivity index (χ1v) is 6.40. The second-order valence-corrected chi connectivity index (χ2v) is 5.67. The lowest BCUT2D eigenvalue weighted by Crippen LogP contribution is -2.25. The maximum atomic E-state index is 11.8. The monoisotopic (exact) mass is 262 g/mol. The highest BCUT2D eigenvalue weighted by molar-refractivity contribution is 5.99. The lowest BCUT2D eigenvalue weighted by atomic mass is 9.97. The highest BCUT2D eigenvalue weighted by atomic mass is 16.5. The van der Waals surface area contributed by atoms with Crippen molar-refractivity contribution in [2.24, 2.45) is 5.41 Å². The molecule has 0 atom stereocenters. The van der Waals surface area contributed by atoms with Gasteiger partial charge < -0.3 is 9.47 Å². The van der Waals surface area contributed by atoms with Crippen LogP contribution in [0.4, 0.5) is 0 Å². The smallest absolute Gasteiger partial charge is 0.316 e. The number of carbonyl (C=O) groups excluding carboxylic acids is 2. The van der Waals surface area contributed by atoms with Crippen LogP contribution in [0.3, 0.4) is 0 Å². The fourth-order valence-corrected chi connectivity index (χ4v) is 1.73. The van der Waals surface area contributed by atoms with E-state index in [1.165, 1.54) is 0 Å². The van der Waals surface area contributed by atoms with Crippen molar-refractivity contribution < 1.29 is 19.1 Å². The van der Waals surface area contributed by atoms with Crippen LogP contribution in [0.25, 0.3) is 0 Å². The zero-order chi connectivity index (χ0) is 14.0. The summed E-state index contributed by atoms with van der Waals surface area (Å²) in [6.45, 7) is 5.88. The molecule has 0 spiro atoms. The Labute approximate surface area is 112 Å². The number of fused-ring (bicyclic) bond motifs is 1. The molecule has 0 aromatic heterocycles. The number of ketones is 1. The number of hydrogen-bond acceptors (Lipinski definition) is 4. The maximum absolute atomic E-state index is 11.8. The summed E-state index contributed by atoms with van der Waals surface area (Å²) in [5.74, 6) is 0.670. The number of Topliss-reactive ketones (excluding diaryl/α,β-unsaturated/α-hetero) is 1. The number of rotatable bonds is 1. The molecule has 0 saturated heterocycles. The van der Waals surface area contributed by atoms with E-state index >= 15 is 0 Å². The van der Waals surface area contributed by atoms with Gasteiger partial charge in [0.2, 0.25) is 0 Å². The van der Waals surface area contributed by atoms with E-state index < -0.39 is 5.41 Å². The normalized spacial score (nSPS) is 15.2. The van der Waals surface area contributed by atoms with Gasteiger partial charge in [-0.2, -0.15) is 0 Å². The van der Waals surface area contributed by atoms with Crippen molar-refractivity contribution in [3.63, 3.8) is 0 Å². The molecule has 102 valence electrons. The lowest BCUT2D eigenvalue weighted by molar-refractivity contribution is -0.143. The summed E-state index contributed by atoms with van der Waals surface area (Å²) in [6.07, 6.45) is 1.21. The summed E-state index contributed by atoms with van der Waals surface area (Å²) in [7, 11) is 0. The fourth-order valence-electron chi connectivity index (χ4n) is 1.73. The third kappa shape index (κ3) is 3.13. The van der Waals surface area contributed by atoms with Crippen molar-refractivity contribution in [3.05, 3.63) is 23.8 Å². The van der Waals surface area contributed by atoms with Gasteiger partial charge in [0.15, 0.2) is 5.78 Å². The molecule has 0 unspecified atom stereocenters. The molecule has 4 nitrogen and oxygen atoms in total. The van der Waals surface area contributed by atoms with Gasteiger partial charge in [-0.05, 0) is 39.3 Å². The first-order chi connectivity index (χ1) is 8.88. The number of carbonyl (C=O) groups is 2. The first kappa shape index (κ1) is 13.6. The molecule has 1 aliphatic rings. The van der Waals surface area contributed by atoms with Gasteiger partial charge in [-0.1, -0.05) is 0 Å². The molecule has 1 heterocycles. The van der Waals surface area contributed by atoms with Crippen LogP contribution in [0.15, 0.2) is 18.2 Å². The molecule has 0 bridgehead atoms. The Balaban J connectivity index is 2.24. The van der Waals surface area contributed by atoms with E-state index in [9.17, 15) is 9.59 Å². The Morgan fingerprint density at radius 3 is 2.74 bits per heavy atom. The van der Waals surface area contributed by atoms with Crippen LogP contribution in [0.5, 0.6) is 11.5 Å². The van der Waals surface area contributed by atoms with Crippen molar-refractivity contribution in [2.75, 3.05) is 6.61 Å². The molecule has 19 heavy (non-hydrogen) atoms. The predicted octanol–water partition coefficient (Wildman–Crippen LogP) is 2.99. The molecule has 1 aromatic carbocycles. The Bertz CT molecular complexity index is 511. The largest absolute Gasteiger partial charge is 0.493 e.